The molecule has 0 spiro atoms. The van der Waals surface area contributed by atoms with Crippen LogP contribution in [0.15, 0.2) is 47.0 Å². The average molecular weight is 353 g/mol. The summed E-state index contributed by atoms with van der Waals surface area (Å²) in [6, 6.07) is 12.1. The van der Waals surface area contributed by atoms with Crippen LogP contribution in [0.1, 0.15) is 35.7 Å². The Hall–Kier alpha value is -2.40. The largest absolute Gasteiger partial charge is 0.351 e. The van der Waals surface area contributed by atoms with Crippen LogP contribution in [0, 0.1) is 5.92 Å². The molecule has 3 rings (SSSR count). The minimum Gasteiger partial charge on any atom is -0.351 e. The Balaban J connectivity index is 1.46. The van der Waals surface area contributed by atoms with Gasteiger partial charge in [-0.15, -0.1) is 0 Å². The Morgan fingerprint density at radius 3 is 2.62 bits per heavy atom. The van der Waals surface area contributed by atoms with E-state index >= 15 is 0 Å². The number of amides is 1. The molecule has 2 heterocycles. The van der Waals surface area contributed by atoms with Gasteiger partial charge in [0, 0.05) is 38.8 Å². The highest BCUT2D eigenvalue weighted by atomic mass is 16.5. The highest BCUT2D eigenvalue weighted by molar-refractivity contribution is 5.91. The topological polar surface area (TPSA) is 49.6 Å². The van der Waals surface area contributed by atoms with Gasteiger partial charge in [-0.2, -0.15) is 0 Å². The van der Waals surface area contributed by atoms with Gasteiger partial charge >= 0.3 is 0 Å². The van der Waals surface area contributed by atoms with Gasteiger partial charge in [-0.25, -0.2) is 0 Å². The monoisotopic (exact) mass is 353 g/mol. The zero-order chi connectivity index (χ0) is 18.4. The van der Waals surface area contributed by atoms with Crippen molar-refractivity contribution in [2.24, 2.45) is 5.92 Å². The summed E-state index contributed by atoms with van der Waals surface area (Å²) in [7, 11) is 0. The Morgan fingerprint density at radius 1 is 1.19 bits per heavy atom. The first-order valence-corrected chi connectivity index (χ1v) is 9.30. The molecule has 1 fully saturated rings. The lowest BCUT2D eigenvalue weighted by molar-refractivity contribution is 0.0609. The summed E-state index contributed by atoms with van der Waals surface area (Å²) in [6.45, 7) is 8.34. The van der Waals surface area contributed by atoms with Crippen LogP contribution >= 0.6 is 0 Å². The van der Waals surface area contributed by atoms with Gasteiger partial charge in [0.15, 0.2) is 0 Å². The van der Waals surface area contributed by atoms with Crippen molar-refractivity contribution in [1.82, 2.24) is 15.0 Å². The number of carbonyl (C=O) groups excluding carboxylic acids is 1. The summed E-state index contributed by atoms with van der Waals surface area (Å²) < 4.78 is 5.26. The molecule has 1 aliphatic heterocycles. The fourth-order valence-electron chi connectivity index (χ4n) is 3.12. The molecule has 0 saturated carbocycles. The van der Waals surface area contributed by atoms with Crippen molar-refractivity contribution >= 4 is 12.0 Å². The zero-order valence-electron chi connectivity index (χ0n) is 15.6. The van der Waals surface area contributed by atoms with Gasteiger partial charge in [0.25, 0.3) is 5.91 Å². The second kappa shape index (κ2) is 8.81. The van der Waals surface area contributed by atoms with Gasteiger partial charge < -0.3 is 9.42 Å². The van der Waals surface area contributed by atoms with Gasteiger partial charge in [0.1, 0.15) is 0 Å². The molecular formula is C21H27N3O2. The Morgan fingerprint density at radius 2 is 1.92 bits per heavy atom. The SMILES string of the molecule is CC(C)Cc1cc(C(=O)N2CCN(CC=Cc3ccccc3)CC2)on1. The number of hydrogen-bond donors (Lipinski definition) is 0. The maximum absolute atomic E-state index is 12.6. The summed E-state index contributed by atoms with van der Waals surface area (Å²) in [6.07, 6.45) is 5.15. The van der Waals surface area contributed by atoms with Crippen LogP contribution in [0.3, 0.4) is 0 Å². The summed E-state index contributed by atoms with van der Waals surface area (Å²) >= 11 is 0. The summed E-state index contributed by atoms with van der Waals surface area (Å²) in [5.74, 6) is 0.806. The lowest BCUT2D eigenvalue weighted by Gasteiger charge is -2.33. The second-order valence-corrected chi connectivity index (χ2v) is 7.19. The molecule has 1 aliphatic rings. The molecule has 0 radical (unpaired) electrons. The molecule has 1 saturated heterocycles. The first kappa shape index (κ1) is 18.4. The summed E-state index contributed by atoms with van der Waals surface area (Å²) in [4.78, 5) is 16.8. The van der Waals surface area contributed by atoms with Crippen molar-refractivity contribution < 1.29 is 9.32 Å². The van der Waals surface area contributed by atoms with E-state index in [1.807, 2.05) is 23.1 Å². The van der Waals surface area contributed by atoms with E-state index in [0.717, 1.165) is 44.8 Å². The third-order valence-corrected chi connectivity index (χ3v) is 4.52. The number of rotatable bonds is 6. The third kappa shape index (κ3) is 5.05. The second-order valence-electron chi connectivity index (χ2n) is 7.19. The summed E-state index contributed by atoms with van der Waals surface area (Å²) in [5, 5.41) is 4.01. The zero-order valence-corrected chi connectivity index (χ0v) is 15.6. The maximum Gasteiger partial charge on any atom is 0.292 e. The molecule has 0 aliphatic carbocycles. The highest BCUT2D eigenvalue weighted by Gasteiger charge is 2.24. The van der Waals surface area contributed by atoms with Crippen LogP contribution in [0.4, 0.5) is 0 Å². The quantitative estimate of drug-likeness (QED) is 0.799. The van der Waals surface area contributed by atoms with Crippen molar-refractivity contribution in [3.63, 3.8) is 0 Å². The molecule has 5 heteroatoms. The van der Waals surface area contributed by atoms with Crippen molar-refractivity contribution in [2.75, 3.05) is 32.7 Å². The molecule has 26 heavy (non-hydrogen) atoms. The standard InChI is InChI=1S/C21H27N3O2/c1-17(2)15-19-16-20(26-22-19)21(25)24-13-11-23(12-14-24)10-6-9-18-7-4-3-5-8-18/h3-9,16-17H,10-15H2,1-2H3. The predicted octanol–water partition coefficient (Wildman–Crippen LogP) is 3.34. The Bertz CT molecular complexity index is 729. The molecule has 2 aromatic rings. The molecular weight excluding hydrogens is 326 g/mol. The van der Waals surface area contributed by atoms with Crippen LogP contribution in [-0.4, -0.2) is 53.6 Å². The van der Waals surface area contributed by atoms with Gasteiger partial charge in [0.2, 0.25) is 5.76 Å². The first-order valence-electron chi connectivity index (χ1n) is 9.30. The Kier molecular flexibility index (Phi) is 6.23. The number of piperazine rings is 1. The third-order valence-electron chi connectivity index (χ3n) is 4.52. The van der Waals surface area contributed by atoms with E-state index in [1.54, 1.807) is 6.07 Å². The average Bonchev–Trinajstić information content (AvgIpc) is 3.10. The minimum absolute atomic E-state index is 0.0491. The van der Waals surface area contributed by atoms with Crippen LogP contribution in [-0.2, 0) is 6.42 Å². The van der Waals surface area contributed by atoms with E-state index in [0.29, 0.717) is 11.7 Å². The van der Waals surface area contributed by atoms with Crippen LogP contribution in [0.2, 0.25) is 0 Å². The fourth-order valence-corrected chi connectivity index (χ4v) is 3.12. The van der Waals surface area contributed by atoms with E-state index in [1.165, 1.54) is 5.56 Å². The highest BCUT2D eigenvalue weighted by Crippen LogP contribution is 2.13. The summed E-state index contributed by atoms with van der Waals surface area (Å²) in [5.41, 5.74) is 2.07. The van der Waals surface area contributed by atoms with E-state index in [9.17, 15) is 4.79 Å². The molecule has 1 aromatic heterocycles. The number of carbonyl (C=O) groups is 1. The van der Waals surface area contributed by atoms with Crippen LogP contribution in [0.25, 0.3) is 6.08 Å². The molecule has 0 N–H and O–H groups in total. The molecule has 138 valence electrons. The molecule has 1 aromatic carbocycles. The van der Waals surface area contributed by atoms with Gasteiger partial charge in [-0.05, 0) is 17.9 Å². The molecule has 1 amide bonds. The first-order chi connectivity index (χ1) is 12.6. The van der Waals surface area contributed by atoms with Gasteiger partial charge in [-0.3, -0.25) is 9.69 Å². The lowest BCUT2D eigenvalue weighted by Crippen LogP contribution is -2.48. The van der Waals surface area contributed by atoms with E-state index in [-0.39, 0.29) is 5.91 Å². The van der Waals surface area contributed by atoms with Crippen molar-refractivity contribution in [1.29, 1.82) is 0 Å². The predicted molar refractivity (Wildman–Crippen MR) is 103 cm³/mol. The van der Waals surface area contributed by atoms with E-state index < -0.39 is 0 Å². The number of benzene rings is 1. The van der Waals surface area contributed by atoms with Crippen molar-refractivity contribution in [3.8, 4) is 0 Å². The number of aromatic nitrogens is 1. The van der Waals surface area contributed by atoms with Crippen LogP contribution < -0.4 is 0 Å². The molecule has 0 atom stereocenters. The molecule has 0 bridgehead atoms. The normalized spacial score (nSPS) is 15.9. The lowest BCUT2D eigenvalue weighted by atomic mass is 10.1. The van der Waals surface area contributed by atoms with E-state index in [4.69, 9.17) is 4.52 Å². The van der Waals surface area contributed by atoms with Crippen molar-refractivity contribution in [2.45, 2.75) is 20.3 Å². The van der Waals surface area contributed by atoms with Crippen molar-refractivity contribution in [3.05, 3.63) is 59.5 Å². The number of nitrogens with zero attached hydrogens (tertiary/aromatic N) is 3. The van der Waals surface area contributed by atoms with Gasteiger partial charge in [-0.1, -0.05) is 61.5 Å². The van der Waals surface area contributed by atoms with Gasteiger partial charge in [0.05, 0.1) is 5.69 Å². The fraction of sp³-hybridized carbons (Fsp3) is 0.429. The molecule has 5 nitrogen and oxygen atoms in total. The Labute approximate surface area is 155 Å². The maximum atomic E-state index is 12.6. The van der Waals surface area contributed by atoms with Crippen LogP contribution in [0.5, 0.6) is 0 Å². The smallest absolute Gasteiger partial charge is 0.292 e. The molecule has 0 unspecified atom stereocenters. The van der Waals surface area contributed by atoms with E-state index in [2.05, 4.69) is 48.2 Å². The number of hydrogen-bond acceptors (Lipinski definition) is 4. The minimum atomic E-state index is -0.0491.